The van der Waals surface area contributed by atoms with Crippen LogP contribution in [0.3, 0.4) is 0 Å². The largest absolute Gasteiger partial charge is 0.495 e. The van der Waals surface area contributed by atoms with Gasteiger partial charge in [0.1, 0.15) is 5.75 Å². The lowest BCUT2D eigenvalue weighted by Crippen LogP contribution is -2.17. The molecule has 0 aliphatic heterocycles. The molecule has 1 heterocycles. The van der Waals surface area contributed by atoms with E-state index in [1.165, 1.54) is 16.4 Å². The highest BCUT2D eigenvalue weighted by Crippen LogP contribution is 2.28. The Kier molecular flexibility index (Phi) is 6.02. The van der Waals surface area contributed by atoms with E-state index in [1.54, 1.807) is 7.11 Å². The first-order valence-corrected chi connectivity index (χ1v) is 9.80. The van der Waals surface area contributed by atoms with Gasteiger partial charge in [-0.1, -0.05) is 45.9 Å². The molecule has 1 aromatic heterocycles. The number of hydrogen-bond acceptors (Lipinski definition) is 6. The fourth-order valence-electron chi connectivity index (χ4n) is 2.44. The van der Waals surface area contributed by atoms with Gasteiger partial charge in [-0.2, -0.15) is 0 Å². The summed E-state index contributed by atoms with van der Waals surface area (Å²) in [7, 11) is 1.56. The highest BCUT2D eigenvalue weighted by molar-refractivity contribution is 9.10. The second kappa shape index (κ2) is 8.45. The summed E-state index contributed by atoms with van der Waals surface area (Å²) in [6, 6.07) is 13.2. The van der Waals surface area contributed by atoms with Gasteiger partial charge in [0.25, 0.3) is 0 Å². The van der Waals surface area contributed by atoms with E-state index in [-0.39, 0.29) is 11.7 Å². The Bertz CT molecular complexity index is 976. The van der Waals surface area contributed by atoms with Crippen LogP contribution in [0.15, 0.2) is 52.1 Å². The summed E-state index contributed by atoms with van der Waals surface area (Å²) in [6.07, 6.45) is 0. The number of nitrogens with two attached hydrogens (primary N) is 1. The van der Waals surface area contributed by atoms with Crippen molar-refractivity contribution in [2.24, 2.45) is 0 Å². The smallest absolute Gasteiger partial charge is 0.234 e. The number of benzene rings is 2. The van der Waals surface area contributed by atoms with Gasteiger partial charge in [0.2, 0.25) is 11.1 Å². The van der Waals surface area contributed by atoms with E-state index >= 15 is 0 Å². The van der Waals surface area contributed by atoms with Crippen LogP contribution in [0.1, 0.15) is 5.56 Å². The fourth-order valence-corrected chi connectivity index (χ4v) is 3.56. The SMILES string of the molecule is COc1ccc(C)cc1NC(=O)CSc1nnc(-c2ccccc2Br)n1N. The van der Waals surface area contributed by atoms with Gasteiger partial charge in [-0.05, 0) is 36.8 Å². The van der Waals surface area contributed by atoms with Gasteiger partial charge in [0.05, 0.1) is 18.6 Å². The van der Waals surface area contributed by atoms with E-state index in [0.29, 0.717) is 22.4 Å². The summed E-state index contributed by atoms with van der Waals surface area (Å²) in [6.45, 7) is 1.95. The number of aryl methyl sites for hydroxylation is 1. The molecule has 27 heavy (non-hydrogen) atoms. The van der Waals surface area contributed by atoms with Gasteiger partial charge in [-0.15, -0.1) is 10.2 Å². The molecule has 0 fully saturated rings. The van der Waals surface area contributed by atoms with Gasteiger partial charge < -0.3 is 15.9 Å². The predicted molar refractivity (Wildman–Crippen MR) is 110 cm³/mol. The number of nitrogen functional groups attached to an aromatic ring is 1. The third-order valence-corrected chi connectivity index (χ3v) is 5.38. The number of ether oxygens (including phenoxy) is 1. The summed E-state index contributed by atoms with van der Waals surface area (Å²) in [5, 5.41) is 11.5. The average molecular weight is 448 g/mol. The van der Waals surface area contributed by atoms with Gasteiger partial charge in [-0.25, -0.2) is 4.68 Å². The molecular formula is C18H18BrN5O2S. The van der Waals surface area contributed by atoms with Crippen molar-refractivity contribution in [2.45, 2.75) is 12.1 Å². The van der Waals surface area contributed by atoms with Crippen LogP contribution >= 0.6 is 27.7 Å². The minimum absolute atomic E-state index is 0.141. The number of halogens is 1. The van der Waals surface area contributed by atoms with Gasteiger partial charge in [0, 0.05) is 10.0 Å². The van der Waals surface area contributed by atoms with Crippen LogP contribution < -0.4 is 15.9 Å². The Morgan fingerprint density at radius 3 is 2.81 bits per heavy atom. The maximum absolute atomic E-state index is 12.3. The van der Waals surface area contributed by atoms with Crippen molar-refractivity contribution in [3.05, 3.63) is 52.5 Å². The monoisotopic (exact) mass is 447 g/mol. The highest BCUT2D eigenvalue weighted by atomic mass is 79.9. The summed E-state index contributed by atoms with van der Waals surface area (Å²) in [4.78, 5) is 12.3. The number of methoxy groups -OCH3 is 1. The van der Waals surface area contributed by atoms with E-state index in [9.17, 15) is 4.79 Å². The van der Waals surface area contributed by atoms with Gasteiger partial charge in [-0.3, -0.25) is 4.79 Å². The van der Waals surface area contributed by atoms with Crippen molar-refractivity contribution in [1.82, 2.24) is 14.9 Å². The topological polar surface area (TPSA) is 95.1 Å². The first-order valence-electron chi connectivity index (χ1n) is 8.02. The molecule has 0 atom stereocenters. The highest BCUT2D eigenvalue weighted by Gasteiger charge is 2.16. The summed E-state index contributed by atoms with van der Waals surface area (Å²) >= 11 is 4.69. The van der Waals surface area contributed by atoms with Crippen LogP contribution in [0.2, 0.25) is 0 Å². The van der Waals surface area contributed by atoms with Crippen molar-refractivity contribution in [1.29, 1.82) is 0 Å². The minimum Gasteiger partial charge on any atom is -0.495 e. The van der Waals surface area contributed by atoms with Crippen molar-refractivity contribution in [2.75, 3.05) is 24.0 Å². The number of carbonyl (C=O) groups excluding carboxylic acids is 1. The zero-order valence-corrected chi connectivity index (χ0v) is 17.2. The van der Waals surface area contributed by atoms with Gasteiger partial charge in [0.15, 0.2) is 5.82 Å². The number of carbonyl (C=O) groups is 1. The molecule has 7 nitrogen and oxygen atoms in total. The maximum Gasteiger partial charge on any atom is 0.234 e. The molecule has 0 aliphatic rings. The zero-order valence-electron chi connectivity index (χ0n) is 14.8. The molecule has 0 aliphatic carbocycles. The molecule has 1 amide bonds. The van der Waals surface area contributed by atoms with E-state index in [2.05, 4.69) is 31.4 Å². The van der Waals surface area contributed by atoms with E-state index in [0.717, 1.165) is 15.6 Å². The molecule has 3 aromatic rings. The van der Waals surface area contributed by atoms with Crippen molar-refractivity contribution in [3.8, 4) is 17.1 Å². The first kappa shape index (κ1) is 19.2. The summed E-state index contributed by atoms with van der Waals surface area (Å²) in [5.74, 6) is 7.19. The van der Waals surface area contributed by atoms with Crippen LogP contribution in [0.4, 0.5) is 5.69 Å². The molecule has 0 bridgehead atoms. The molecular weight excluding hydrogens is 430 g/mol. The number of thioether (sulfide) groups is 1. The molecule has 3 N–H and O–H groups in total. The zero-order chi connectivity index (χ0) is 19.4. The average Bonchev–Trinajstić information content (AvgIpc) is 3.01. The maximum atomic E-state index is 12.3. The molecule has 0 saturated carbocycles. The molecule has 2 aromatic carbocycles. The Balaban J connectivity index is 1.68. The lowest BCUT2D eigenvalue weighted by Gasteiger charge is -2.11. The Labute approximate surface area is 169 Å². The van der Waals surface area contributed by atoms with Crippen LogP contribution in [-0.4, -0.2) is 33.6 Å². The second-order valence-corrected chi connectivity index (χ2v) is 7.49. The van der Waals surface area contributed by atoms with Crippen molar-refractivity contribution >= 4 is 39.3 Å². The van der Waals surface area contributed by atoms with Crippen molar-refractivity contribution < 1.29 is 9.53 Å². The lowest BCUT2D eigenvalue weighted by molar-refractivity contribution is -0.113. The molecule has 0 radical (unpaired) electrons. The molecule has 0 saturated heterocycles. The van der Waals surface area contributed by atoms with E-state index in [1.807, 2.05) is 49.4 Å². The number of amides is 1. The second-order valence-electron chi connectivity index (χ2n) is 5.70. The first-order chi connectivity index (χ1) is 13.0. The fraction of sp³-hybridized carbons (Fsp3) is 0.167. The Hall–Kier alpha value is -2.52. The van der Waals surface area contributed by atoms with Crippen LogP contribution in [0, 0.1) is 6.92 Å². The van der Waals surface area contributed by atoms with E-state index < -0.39 is 0 Å². The molecule has 0 unspecified atom stereocenters. The number of aromatic nitrogens is 3. The lowest BCUT2D eigenvalue weighted by atomic mass is 10.2. The van der Waals surface area contributed by atoms with Gasteiger partial charge >= 0.3 is 0 Å². The van der Waals surface area contributed by atoms with E-state index in [4.69, 9.17) is 10.6 Å². The standard InChI is InChI=1S/C18H18BrN5O2S/c1-11-7-8-15(26-2)14(9-11)21-16(25)10-27-18-23-22-17(24(18)20)12-5-3-4-6-13(12)19/h3-9H,10,20H2,1-2H3,(H,21,25). The molecule has 9 heteroatoms. The number of hydrogen-bond donors (Lipinski definition) is 2. The molecule has 140 valence electrons. The Morgan fingerprint density at radius 1 is 1.30 bits per heavy atom. The minimum atomic E-state index is -0.186. The summed E-state index contributed by atoms with van der Waals surface area (Å²) < 4.78 is 7.52. The number of nitrogens with one attached hydrogen (secondary N) is 1. The van der Waals surface area contributed by atoms with Crippen LogP contribution in [0.5, 0.6) is 5.75 Å². The predicted octanol–water partition coefficient (Wildman–Crippen LogP) is 3.47. The third-order valence-electron chi connectivity index (χ3n) is 3.74. The third kappa shape index (κ3) is 4.42. The summed E-state index contributed by atoms with van der Waals surface area (Å²) in [5.41, 5.74) is 2.48. The van der Waals surface area contributed by atoms with Crippen LogP contribution in [-0.2, 0) is 4.79 Å². The van der Waals surface area contributed by atoms with Crippen molar-refractivity contribution in [3.63, 3.8) is 0 Å². The number of rotatable bonds is 6. The molecule has 0 spiro atoms. The number of nitrogens with zero attached hydrogens (tertiary/aromatic N) is 3. The van der Waals surface area contributed by atoms with Crippen LogP contribution in [0.25, 0.3) is 11.4 Å². The quantitative estimate of drug-likeness (QED) is 0.443. The Morgan fingerprint density at radius 2 is 2.07 bits per heavy atom. The number of anilines is 1. The molecule has 3 rings (SSSR count). The normalized spacial score (nSPS) is 10.6.